The number of hydrogen-bond acceptors (Lipinski definition) is 8. The first-order chi connectivity index (χ1) is 15.0. The van der Waals surface area contributed by atoms with Gasteiger partial charge < -0.3 is 28.4 Å². The summed E-state index contributed by atoms with van der Waals surface area (Å²) in [6.07, 6.45) is 0.756. The molecule has 0 radical (unpaired) electrons. The molecule has 2 spiro atoms. The van der Waals surface area contributed by atoms with Crippen LogP contribution in [0.5, 0.6) is 11.5 Å². The molecule has 5 aliphatic rings. The highest BCUT2D eigenvalue weighted by atomic mass is 32.2. The molecule has 6 rings (SSSR count). The second-order valence-corrected chi connectivity index (χ2v) is 10.8. The zero-order valence-corrected chi connectivity index (χ0v) is 18.0. The van der Waals surface area contributed by atoms with Crippen LogP contribution >= 0.6 is 0 Å². The molecule has 4 atom stereocenters. The summed E-state index contributed by atoms with van der Waals surface area (Å²) in [4.78, 5) is 2.09. The Kier molecular flexibility index (Phi) is 3.99. The highest BCUT2D eigenvalue weighted by molar-refractivity contribution is 7.88. The first-order valence-corrected chi connectivity index (χ1v) is 11.9. The predicted octanol–water partition coefficient (Wildman–Crippen LogP) is 1.44. The van der Waals surface area contributed by atoms with Crippen LogP contribution in [0.1, 0.15) is 30.4 Å². The van der Waals surface area contributed by atoms with Gasteiger partial charge in [0.25, 0.3) is 0 Å². The molecule has 3 fully saturated rings. The summed E-state index contributed by atoms with van der Waals surface area (Å²) in [5.74, 6) is -1.79. The number of aliphatic hydroxyl groups is 1. The molecule has 0 amide bonds. The quantitative estimate of drug-likeness (QED) is 0.505. The third-order valence-electron chi connectivity index (χ3n) is 7.98. The SMILES string of the molecule is CN1CCC23c4c5ccc(OS(=O)(=O)C(F)(F)F)c4OC2C2(CCC3(O)C1C5)OCCO2. The summed E-state index contributed by atoms with van der Waals surface area (Å²) in [5.41, 5.74) is -6.54. The summed E-state index contributed by atoms with van der Waals surface area (Å²) < 4.78 is 85.3. The van der Waals surface area contributed by atoms with Crippen molar-refractivity contribution in [1.82, 2.24) is 4.90 Å². The Hall–Kier alpha value is -1.60. The fourth-order valence-electron chi connectivity index (χ4n) is 6.70. The number of likely N-dealkylation sites (tertiary alicyclic amines) is 1. The van der Waals surface area contributed by atoms with Gasteiger partial charge in [-0.05, 0) is 44.5 Å². The molecular formula is C20H22F3NO7S. The molecule has 12 heteroatoms. The van der Waals surface area contributed by atoms with Crippen LogP contribution in [0.2, 0.25) is 0 Å². The van der Waals surface area contributed by atoms with Gasteiger partial charge in [-0.15, -0.1) is 0 Å². The molecule has 1 aromatic carbocycles. The maximum absolute atomic E-state index is 13.0. The molecule has 3 heterocycles. The van der Waals surface area contributed by atoms with Crippen molar-refractivity contribution in [3.63, 3.8) is 0 Å². The summed E-state index contributed by atoms with van der Waals surface area (Å²) in [7, 11) is -3.96. The van der Waals surface area contributed by atoms with Gasteiger partial charge in [-0.1, -0.05) is 6.07 Å². The highest BCUT2D eigenvalue weighted by Gasteiger charge is 2.77. The highest BCUT2D eigenvalue weighted by Crippen LogP contribution is 2.68. The summed E-state index contributed by atoms with van der Waals surface area (Å²) in [6, 6.07) is 2.52. The number of hydrogen-bond donors (Lipinski definition) is 1. The van der Waals surface area contributed by atoms with Crippen molar-refractivity contribution >= 4 is 10.1 Å². The van der Waals surface area contributed by atoms with Crippen molar-refractivity contribution in [2.24, 2.45) is 0 Å². The third kappa shape index (κ3) is 2.29. The van der Waals surface area contributed by atoms with E-state index >= 15 is 0 Å². The van der Waals surface area contributed by atoms with E-state index in [2.05, 4.69) is 9.08 Å². The number of halogens is 3. The molecule has 2 bridgehead atoms. The van der Waals surface area contributed by atoms with Gasteiger partial charge in [0, 0.05) is 18.0 Å². The van der Waals surface area contributed by atoms with Crippen molar-refractivity contribution in [3.05, 3.63) is 23.3 Å². The number of nitrogens with zero attached hydrogens (tertiary/aromatic N) is 1. The van der Waals surface area contributed by atoms with E-state index < -0.39 is 44.3 Å². The van der Waals surface area contributed by atoms with Crippen molar-refractivity contribution < 1.29 is 45.1 Å². The van der Waals surface area contributed by atoms with Gasteiger partial charge in [-0.3, -0.25) is 0 Å². The van der Waals surface area contributed by atoms with Gasteiger partial charge in [0.05, 0.1) is 24.2 Å². The summed E-state index contributed by atoms with van der Waals surface area (Å²) in [5, 5.41) is 12.1. The van der Waals surface area contributed by atoms with E-state index in [1.165, 1.54) is 6.07 Å². The Morgan fingerprint density at radius 2 is 1.91 bits per heavy atom. The molecule has 0 aromatic heterocycles. The van der Waals surface area contributed by atoms with Crippen LogP contribution < -0.4 is 8.92 Å². The molecule has 4 unspecified atom stereocenters. The number of piperidine rings is 1. The monoisotopic (exact) mass is 477 g/mol. The van der Waals surface area contributed by atoms with Crippen LogP contribution in [0.4, 0.5) is 13.2 Å². The first kappa shape index (κ1) is 21.0. The minimum absolute atomic E-state index is 0.0814. The third-order valence-corrected chi connectivity index (χ3v) is 8.94. The smallest absolute Gasteiger partial charge is 0.479 e. The lowest BCUT2D eigenvalue weighted by molar-refractivity contribution is -0.295. The van der Waals surface area contributed by atoms with E-state index in [1.54, 1.807) is 6.07 Å². The van der Waals surface area contributed by atoms with E-state index in [0.717, 1.165) is 5.56 Å². The van der Waals surface area contributed by atoms with Crippen molar-refractivity contribution in [1.29, 1.82) is 0 Å². The van der Waals surface area contributed by atoms with Crippen LogP contribution in [-0.2, 0) is 31.4 Å². The number of benzene rings is 1. The van der Waals surface area contributed by atoms with E-state index in [-0.39, 0.29) is 11.8 Å². The molecule has 32 heavy (non-hydrogen) atoms. The number of ether oxygens (including phenoxy) is 3. The van der Waals surface area contributed by atoms with Crippen molar-refractivity contribution in [3.8, 4) is 11.5 Å². The Morgan fingerprint density at radius 3 is 2.59 bits per heavy atom. The average molecular weight is 477 g/mol. The lowest BCUT2D eigenvalue weighted by Gasteiger charge is -2.64. The summed E-state index contributed by atoms with van der Waals surface area (Å²) in [6.45, 7) is 1.27. The van der Waals surface area contributed by atoms with E-state index in [9.17, 15) is 26.7 Å². The van der Waals surface area contributed by atoms with Crippen molar-refractivity contribution in [2.45, 2.75) is 60.1 Å². The molecule has 8 nitrogen and oxygen atoms in total. The minimum atomic E-state index is -5.90. The topological polar surface area (TPSA) is 94.5 Å². The second-order valence-electron chi connectivity index (χ2n) is 9.26. The van der Waals surface area contributed by atoms with Gasteiger partial charge in [0.15, 0.2) is 17.6 Å². The standard InChI is InChI=1S/C20H22F3NO7S/c1-24-7-6-17-14-11-2-3-12(31-32(26,27)20(21,22)23)15(14)30-16(17)19(28-8-9-29-19)5-4-18(17,25)13(24)10-11/h2-3,13,16,25H,4-10H2,1H3. The maximum atomic E-state index is 13.0. The van der Waals surface area contributed by atoms with Crippen LogP contribution in [0.25, 0.3) is 0 Å². The molecule has 2 aliphatic carbocycles. The van der Waals surface area contributed by atoms with Crippen LogP contribution in [0, 0.1) is 0 Å². The molecule has 1 aromatic rings. The normalized spacial score (nSPS) is 37.3. The Balaban J connectivity index is 1.57. The molecule has 1 N–H and O–H groups in total. The lowest BCUT2D eigenvalue weighted by atomic mass is 9.48. The largest absolute Gasteiger partial charge is 0.534 e. The summed E-state index contributed by atoms with van der Waals surface area (Å²) >= 11 is 0. The van der Waals surface area contributed by atoms with Gasteiger partial charge in [0.1, 0.15) is 0 Å². The fraction of sp³-hybridized carbons (Fsp3) is 0.700. The van der Waals surface area contributed by atoms with Crippen molar-refractivity contribution in [2.75, 3.05) is 26.8 Å². The predicted molar refractivity (Wildman–Crippen MR) is 102 cm³/mol. The van der Waals surface area contributed by atoms with E-state index in [1.807, 2.05) is 7.05 Å². The Morgan fingerprint density at radius 1 is 1.19 bits per heavy atom. The van der Waals surface area contributed by atoms with E-state index in [0.29, 0.717) is 51.0 Å². The fourth-order valence-corrected chi connectivity index (χ4v) is 7.16. The molecule has 2 saturated heterocycles. The molecular weight excluding hydrogens is 455 g/mol. The number of fused-ring (bicyclic) bond motifs is 1. The maximum Gasteiger partial charge on any atom is 0.534 e. The zero-order valence-electron chi connectivity index (χ0n) is 17.1. The first-order valence-electron chi connectivity index (χ1n) is 10.5. The number of alkyl halides is 3. The van der Waals surface area contributed by atoms with Gasteiger partial charge >= 0.3 is 15.6 Å². The average Bonchev–Trinajstić information content (AvgIpc) is 3.31. The lowest BCUT2D eigenvalue weighted by Crippen LogP contribution is -2.79. The number of rotatable bonds is 2. The van der Waals surface area contributed by atoms with Gasteiger partial charge in [-0.2, -0.15) is 21.6 Å². The van der Waals surface area contributed by atoms with Gasteiger partial charge in [0.2, 0.25) is 5.79 Å². The molecule has 1 saturated carbocycles. The second kappa shape index (κ2) is 6.09. The number of likely N-dealkylation sites (N-methyl/N-ethyl adjacent to an activating group) is 1. The van der Waals surface area contributed by atoms with Crippen LogP contribution in [-0.4, -0.2) is 74.3 Å². The zero-order chi connectivity index (χ0) is 22.7. The van der Waals surface area contributed by atoms with Gasteiger partial charge in [-0.25, -0.2) is 0 Å². The van der Waals surface area contributed by atoms with E-state index in [4.69, 9.17) is 14.2 Å². The Bertz CT molecular complexity index is 1100. The Labute approximate surface area is 182 Å². The molecule has 3 aliphatic heterocycles. The van der Waals surface area contributed by atoms with Crippen LogP contribution in [0.3, 0.4) is 0 Å². The van der Waals surface area contributed by atoms with Crippen LogP contribution in [0.15, 0.2) is 12.1 Å². The minimum Gasteiger partial charge on any atom is -0.479 e. The molecule has 176 valence electrons.